The zero-order chi connectivity index (χ0) is 11.8. The number of thioether (sulfide) groups is 1. The molecule has 2 unspecified atom stereocenters. The molecular weight excluding hydrogens is 263 g/mol. The van der Waals surface area contributed by atoms with Crippen LogP contribution in [0.3, 0.4) is 0 Å². The van der Waals surface area contributed by atoms with Crippen LogP contribution < -0.4 is 0 Å². The third-order valence-electron chi connectivity index (χ3n) is 2.83. The van der Waals surface area contributed by atoms with Crippen molar-refractivity contribution in [2.24, 2.45) is 0 Å². The lowest BCUT2D eigenvalue weighted by Gasteiger charge is -2.28. The van der Waals surface area contributed by atoms with Crippen molar-refractivity contribution in [3.63, 3.8) is 0 Å². The van der Waals surface area contributed by atoms with Gasteiger partial charge in [-0.15, -0.1) is 11.3 Å². The minimum atomic E-state index is -3.91. The lowest BCUT2D eigenvalue weighted by atomic mass is 10.0. The molecule has 0 spiro atoms. The van der Waals surface area contributed by atoms with Gasteiger partial charge in [0, 0.05) is 27.2 Å². The number of hydrogen-bond acceptors (Lipinski definition) is 3. The van der Waals surface area contributed by atoms with Crippen LogP contribution in [0.25, 0.3) is 0 Å². The van der Waals surface area contributed by atoms with Gasteiger partial charge < -0.3 is 9.79 Å². The third kappa shape index (κ3) is 2.90. The van der Waals surface area contributed by atoms with Gasteiger partial charge in [0.15, 0.2) is 0 Å². The molecule has 0 saturated carbocycles. The quantitative estimate of drug-likeness (QED) is 0.817. The Morgan fingerprint density at radius 1 is 1.38 bits per heavy atom. The summed E-state index contributed by atoms with van der Waals surface area (Å²) in [5.74, 6) is 1.89. The Kier molecular flexibility index (Phi) is 3.82. The first-order valence-electron chi connectivity index (χ1n) is 5.16. The predicted octanol–water partition coefficient (Wildman–Crippen LogP) is 2.82. The van der Waals surface area contributed by atoms with Crippen LogP contribution in [0, 0.1) is 6.92 Å². The van der Waals surface area contributed by atoms with E-state index in [-0.39, 0.29) is 0 Å². The summed E-state index contributed by atoms with van der Waals surface area (Å²) in [6.07, 6.45) is 0.622. The maximum absolute atomic E-state index is 11.3. The van der Waals surface area contributed by atoms with E-state index in [1.165, 1.54) is 9.75 Å². The molecule has 3 nitrogen and oxygen atoms in total. The molecule has 2 atom stereocenters. The van der Waals surface area contributed by atoms with E-state index in [1.807, 2.05) is 0 Å². The smallest absolute Gasteiger partial charge is 0.324 e. The Morgan fingerprint density at radius 3 is 2.69 bits per heavy atom. The molecule has 0 aliphatic carbocycles. The molecule has 0 amide bonds. The van der Waals surface area contributed by atoms with Gasteiger partial charge in [-0.1, -0.05) is 0 Å². The monoisotopic (exact) mass is 278 g/mol. The van der Waals surface area contributed by atoms with Crippen LogP contribution in [0.4, 0.5) is 0 Å². The molecule has 0 aromatic carbocycles. The van der Waals surface area contributed by atoms with Crippen molar-refractivity contribution in [3.05, 3.63) is 21.9 Å². The van der Waals surface area contributed by atoms with Gasteiger partial charge in [-0.05, 0) is 25.5 Å². The van der Waals surface area contributed by atoms with Crippen LogP contribution in [0.15, 0.2) is 12.1 Å². The molecule has 2 heterocycles. The molecule has 1 aliphatic rings. The summed E-state index contributed by atoms with van der Waals surface area (Å²) in [7, 11) is -3.91. The second kappa shape index (κ2) is 4.83. The van der Waals surface area contributed by atoms with Crippen LogP contribution >= 0.6 is 30.7 Å². The molecule has 6 heteroatoms. The topological polar surface area (TPSA) is 57.5 Å². The lowest BCUT2D eigenvalue weighted by molar-refractivity contribution is 0.355. The predicted molar refractivity (Wildman–Crippen MR) is 69.6 cm³/mol. The van der Waals surface area contributed by atoms with Crippen LogP contribution in [-0.2, 0) is 4.57 Å². The molecule has 2 rings (SSSR count). The molecule has 2 N–H and O–H groups in total. The van der Waals surface area contributed by atoms with Gasteiger partial charge in [0.05, 0.1) is 5.66 Å². The first-order chi connectivity index (χ1) is 7.47. The van der Waals surface area contributed by atoms with E-state index in [9.17, 15) is 14.4 Å². The van der Waals surface area contributed by atoms with Gasteiger partial charge in [0.25, 0.3) is 0 Å². The number of hydrogen-bond donors (Lipinski definition) is 2. The Bertz CT molecular complexity index is 412. The van der Waals surface area contributed by atoms with Crippen LogP contribution in [0.1, 0.15) is 22.1 Å². The van der Waals surface area contributed by atoms with Crippen LogP contribution in [-0.4, -0.2) is 27.0 Å². The summed E-state index contributed by atoms with van der Waals surface area (Å²) in [5.41, 5.74) is -0.460. The van der Waals surface area contributed by atoms with Crippen molar-refractivity contribution in [1.29, 1.82) is 0 Å². The first kappa shape index (κ1) is 12.7. The molecule has 1 fully saturated rings. The number of rotatable bonds is 2. The summed E-state index contributed by atoms with van der Waals surface area (Å²) < 4.78 is 11.3. The van der Waals surface area contributed by atoms with E-state index in [0.717, 1.165) is 5.75 Å². The van der Waals surface area contributed by atoms with E-state index in [2.05, 4.69) is 19.1 Å². The van der Waals surface area contributed by atoms with Gasteiger partial charge >= 0.3 is 7.60 Å². The van der Waals surface area contributed by atoms with E-state index in [0.29, 0.717) is 18.1 Å². The van der Waals surface area contributed by atoms with Gasteiger partial charge in [-0.3, -0.25) is 4.57 Å². The van der Waals surface area contributed by atoms with E-state index in [1.54, 1.807) is 23.1 Å². The van der Waals surface area contributed by atoms with E-state index >= 15 is 0 Å². The summed E-state index contributed by atoms with van der Waals surface area (Å²) >= 11 is 3.40. The van der Waals surface area contributed by atoms with Crippen molar-refractivity contribution in [2.75, 3.05) is 11.5 Å². The van der Waals surface area contributed by atoms with E-state index < -0.39 is 13.3 Å². The summed E-state index contributed by atoms with van der Waals surface area (Å²) in [5, 5.41) is 0. The molecule has 1 aromatic rings. The van der Waals surface area contributed by atoms with Crippen molar-refractivity contribution in [3.8, 4) is 0 Å². The van der Waals surface area contributed by atoms with Gasteiger partial charge in [-0.25, -0.2) is 0 Å². The summed E-state index contributed by atoms with van der Waals surface area (Å²) in [4.78, 5) is 21.0. The normalized spacial score (nSPS) is 26.9. The summed E-state index contributed by atoms with van der Waals surface area (Å²) in [6.45, 7) is 2.06. The zero-order valence-electron chi connectivity index (χ0n) is 9.00. The maximum Gasteiger partial charge on any atom is 0.329 e. The van der Waals surface area contributed by atoms with Crippen molar-refractivity contribution < 1.29 is 14.4 Å². The molecule has 90 valence electrons. The fourth-order valence-electron chi connectivity index (χ4n) is 1.92. The Hall–Kier alpha value is 0.200. The van der Waals surface area contributed by atoms with Gasteiger partial charge in [0.1, 0.15) is 0 Å². The second-order valence-electron chi connectivity index (χ2n) is 4.16. The van der Waals surface area contributed by atoms with Crippen LogP contribution in [0.2, 0.25) is 0 Å². The zero-order valence-corrected chi connectivity index (χ0v) is 11.5. The lowest BCUT2D eigenvalue weighted by Crippen LogP contribution is -2.22. The fourth-order valence-corrected chi connectivity index (χ4v) is 5.78. The highest BCUT2D eigenvalue weighted by Crippen LogP contribution is 2.50. The van der Waals surface area contributed by atoms with Crippen molar-refractivity contribution in [2.45, 2.75) is 24.9 Å². The minimum Gasteiger partial charge on any atom is -0.324 e. The first-order valence-corrected chi connectivity index (χ1v) is 8.81. The standard InChI is InChI=1S/C10H15O3PS2/c1-7-2-3-10(16-7)8-4-9(6-15-5-8)14(11,12)13/h2-3,8-9H,4-6H2,1H3,(H2,11,12,13). The van der Waals surface area contributed by atoms with Crippen LogP contribution in [0.5, 0.6) is 0 Å². The highest BCUT2D eigenvalue weighted by molar-refractivity contribution is 7.99. The molecule has 16 heavy (non-hydrogen) atoms. The van der Waals surface area contributed by atoms with Gasteiger partial charge in [-0.2, -0.15) is 11.8 Å². The van der Waals surface area contributed by atoms with E-state index in [4.69, 9.17) is 0 Å². The SMILES string of the molecule is Cc1ccc(C2CSCC(P(=O)(O)O)C2)s1. The van der Waals surface area contributed by atoms with Crippen molar-refractivity contribution >= 4 is 30.7 Å². The summed E-state index contributed by atoms with van der Waals surface area (Å²) in [6, 6.07) is 4.17. The van der Waals surface area contributed by atoms with Crippen molar-refractivity contribution in [1.82, 2.24) is 0 Å². The Morgan fingerprint density at radius 2 is 2.12 bits per heavy atom. The fraction of sp³-hybridized carbons (Fsp3) is 0.600. The highest BCUT2D eigenvalue weighted by Gasteiger charge is 2.35. The molecular formula is C10H15O3PS2. The number of aryl methyl sites for hydroxylation is 1. The maximum atomic E-state index is 11.3. The minimum absolute atomic E-state index is 0.315. The van der Waals surface area contributed by atoms with Gasteiger partial charge in [0.2, 0.25) is 0 Å². The average molecular weight is 278 g/mol. The third-order valence-corrected chi connectivity index (χ3v) is 6.86. The molecule has 1 aliphatic heterocycles. The second-order valence-corrected chi connectivity index (χ2v) is 8.46. The average Bonchev–Trinajstić information content (AvgIpc) is 2.64. The molecule has 1 aromatic heterocycles. The highest BCUT2D eigenvalue weighted by atomic mass is 32.2. The molecule has 0 radical (unpaired) electrons. The molecule has 0 bridgehead atoms. The molecule has 1 saturated heterocycles. The Balaban J connectivity index is 2.10. The Labute approximate surface area is 103 Å². The number of thiophene rings is 1. The largest absolute Gasteiger partial charge is 0.329 e.